The molecule has 0 saturated carbocycles. The van der Waals surface area contributed by atoms with Crippen molar-refractivity contribution in [3.05, 3.63) is 78.1 Å². The maximum atomic E-state index is 3.81. The fraction of sp³-hybridized carbons (Fsp3) is 0.0714. The van der Waals surface area contributed by atoms with Crippen molar-refractivity contribution in [3.63, 3.8) is 0 Å². The molecule has 0 unspecified atom stereocenters. The molecule has 0 heteroatoms. The molecule has 0 N–H and O–H groups in total. The molecule has 0 bridgehead atoms. The standard InChI is InChI=1S/C14H14/c1-4-12(3)14(5-2)13-10-8-6-7-9-11-13/h4-6,8-11H,1-2H2,3H3/b14-12+. The SMILES string of the molecule is C=C/C(C)=C(\C=C)C1=CC=C=CC=C1. The molecule has 0 aliphatic heterocycles. The minimum absolute atomic E-state index is 1.12. The van der Waals surface area contributed by atoms with Gasteiger partial charge in [0.15, 0.2) is 0 Å². The lowest BCUT2D eigenvalue weighted by molar-refractivity contribution is 1.41. The molecular formula is C14H14. The highest BCUT2D eigenvalue weighted by atomic mass is 14.0. The van der Waals surface area contributed by atoms with Gasteiger partial charge in [-0.15, -0.1) is 5.73 Å². The van der Waals surface area contributed by atoms with Gasteiger partial charge in [0.25, 0.3) is 0 Å². The number of allylic oxidation sites excluding steroid dienone is 9. The first-order valence-electron chi connectivity index (χ1n) is 4.55. The van der Waals surface area contributed by atoms with E-state index >= 15 is 0 Å². The molecule has 70 valence electrons. The predicted octanol–water partition coefficient (Wildman–Crippen LogP) is 3.88. The Bertz CT molecular complexity index is 392. The molecule has 14 heavy (non-hydrogen) atoms. The first kappa shape index (κ1) is 10.3. The summed E-state index contributed by atoms with van der Waals surface area (Å²) < 4.78 is 0. The molecule has 0 amide bonds. The van der Waals surface area contributed by atoms with Crippen molar-refractivity contribution in [2.24, 2.45) is 0 Å². The fourth-order valence-electron chi connectivity index (χ4n) is 1.25. The van der Waals surface area contributed by atoms with Crippen molar-refractivity contribution in [2.45, 2.75) is 6.92 Å². The van der Waals surface area contributed by atoms with Gasteiger partial charge in [-0.3, -0.25) is 0 Å². The van der Waals surface area contributed by atoms with Crippen LogP contribution in [0.3, 0.4) is 0 Å². The van der Waals surface area contributed by atoms with Gasteiger partial charge in [0.1, 0.15) is 0 Å². The summed E-state index contributed by atoms with van der Waals surface area (Å²) in [5.74, 6) is 0. The maximum absolute atomic E-state index is 3.81. The van der Waals surface area contributed by atoms with Crippen LogP contribution in [0.15, 0.2) is 78.1 Å². The van der Waals surface area contributed by atoms with Crippen LogP contribution >= 0.6 is 0 Å². The van der Waals surface area contributed by atoms with Crippen LogP contribution < -0.4 is 0 Å². The minimum atomic E-state index is 1.12. The molecular weight excluding hydrogens is 168 g/mol. The Hall–Kier alpha value is -1.78. The van der Waals surface area contributed by atoms with Gasteiger partial charge < -0.3 is 0 Å². The summed E-state index contributed by atoms with van der Waals surface area (Å²) >= 11 is 0. The third-order valence-corrected chi connectivity index (χ3v) is 2.07. The number of rotatable bonds is 3. The highest BCUT2D eigenvalue weighted by Crippen LogP contribution is 2.19. The Morgan fingerprint density at radius 1 is 1.29 bits per heavy atom. The average molecular weight is 182 g/mol. The summed E-state index contributed by atoms with van der Waals surface area (Å²) in [6.45, 7) is 9.60. The smallest absolute Gasteiger partial charge is 0.0161 e. The van der Waals surface area contributed by atoms with Gasteiger partial charge >= 0.3 is 0 Å². The average Bonchev–Trinajstić information content (AvgIpc) is 2.47. The zero-order chi connectivity index (χ0) is 10.4. The second kappa shape index (κ2) is 5.06. The van der Waals surface area contributed by atoms with Crippen molar-refractivity contribution in [1.82, 2.24) is 0 Å². The third kappa shape index (κ3) is 2.35. The first-order chi connectivity index (χ1) is 6.79. The molecule has 1 rings (SSSR count). The van der Waals surface area contributed by atoms with Crippen molar-refractivity contribution in [2.75, 3.05) is 0 Å². The molecule has 0 nitrogen and oxygen atoms in total. The van der Waals surface area contributed by atoms with Crippen LogP contribution in [0.5, 0.6) is 0 Å². The first-order valence-corrected chi connectivity index (χ1v) is 4.55. The van der Waals surface area contributed by atoms with Gasteiger partial charge in [0.2, 0.25) is 0 Å². The van der Waals surface area contributed by atoms with Gasteiger partial charge in [-0.1, -0.05) is 37.5 Å². The van der Waals surface area contributed by atoms with Crippen molar-refractivity contribution in [1.29, 1.82) is 0 Å². The Morgan fingerprint density at radius 3 is 2.71 bits per heavy atom. The van der Waals surface area contributed by atoms with E-state index in [1.807, 2.05) is 49.5 Å². The van der Waals surface area contributed by atoms with E-state index in [2.05, 4.69) is 18.9 Å². The van der Waals surface area contributed by atoms with E-state index in [1.54, 1.807) is 0 Å². The van der Waals surface area contributed by atoms with E-state index in [0.29, 0.717) is 0 Å². The Balaban J connectivity index is 3.16. The van der Waals surface area contributed by atoms with Crippen molar-refractivity contribution in [3.8, 4) is 0 Å². The summed E-state index contributed by atoms with van der Waals surface area (Å²) in [7, 11) is 0. The van der Waals surface area contributed by atoms with Gasteiger partial charge in [-0.25, -0.2) is 0 Å². The molecule has 0 spiro atoms. The highest BCUT2D eigenvalue weighted by molar-refractivity contribution is 5.52. The maximum Gasteiger partial charge on any atom is -0.0161 e. The van der Waals surface area contributed by atoms with Crippen molar-refractivity contribution >= 4 is 0 Å². The number of hydrogen-bond donors (Lipinski definition) is 0. The molecule has 0 fully saturated rings. The van der Waals surface area contributed by atoms with Gasteiger partial charge in [-0.2, -0.15) is 0 Å². The summed E-state index contributed by atoms with van der Waals surface area (Å²) in [4.78, 5) is 0. The highest BCUT2D eigenvalue weighted by Gasteiger charge is 2.00. The molecule has 0 aromatic carbocycles. The minimum Gasteiger partial charge on any atom is -0.121 e. The van der Waals surface area contributed by atoms with Crippen LogP contribution in [0.2, 0.25) is 0 Å². The largest absolute Gasteiger partial charge is 0.121 e. The summed E-state index contributed by atoms with van der Waals surface area (Å²) in [5.41, 5.74) is 6.40. The summed E-state index contributed by atoms with van der Waals surface area (Å²) in [6.07, 6.45) is 13.5. The van der Waals surface area contributed by atoms with Crippen LogP contribution in [0.1, 0.15) is 6.92 Å². The molecule has 0 atom stereocenters. The Morgan fingerprint density at radius 2 is 2.07 bits per heavy atom. The van der Waals surface area contributed by atoms with Crippen LogP contribution in [0.4, 0.5) is 0 Å². The van der Waals surface area contributed by atoms with E-state index in [4.69, 9.17) is 0 Å². The lowest BCUT2D eigenvalue weighted by atomic mass is 10.00. The second-order valence-electron chi connectivity index (χ2n) is 2.99. The molecule has 0 aromatic rings. The fourth-order valence-corrected chi connectivity index (χ4v) is 1.25. The molecule has 0 aromatic heterocycles. The quantitative estimate of drug-likeness (QED) is 0.459. The Labute approximate surface area is 85.7 Å². The number of hydrogen-bond acceptors (Lipinski definition) is 0. The van der Waals surface area contributed by atoms with Crippen molar-refractivity contribution < 1.29 is 0 Å². The van der Waals surface area contributed by atoms with E-state index in [-0.39, 0.29) is 0 Å². The summed E-state index contributed by atoms with van der Waals surface area (Å²) in [5, 5.41) is 0. The monoisotopic (exact) mass is 182 g/mol. The predicted molar refractivity (Wildman–Crippen MR) is 63.0 cm³/mol. The normalized spacial score (nSPS) is 15.6. The van der Waals surface area contributed by atoms with E-state index in [1.165, 1.54) is 0 Å². The van der Waals surface area contributed by atoms with E-state index in [0.717, 1.165) is 16.7 Å². The third-order valence-electron chi connectivity index (χ3n) is 2.07. The van der Waals surface area contributed by atoms with Gasteiger partial charge in [-0.05, 0) is 41.9 Å². The van der Waals surface area contributed by atoms with Gasteiger partial charge in [0, 0.05) is 0 Å². The zero-order valence-corrected chi connectivity index (χ0v) is 8.46. The lowest BCUT2D eigenvalue weighted by Gasteiger charge is -2.05. The molecule has 1 aliphatic carbocycles. The topological polar surface area (TPSA) is 0 Å². The molecule has 0 heterocycles. The van der Waals surface area contributed by atoms with Crippen LogP contribution in [0, 0.1) is 0 Å². The zero-order valence-electron chi connectivity index (χ0n) is 8.46. The van der Waals surface area contributed by atoms with E-state index in [9.17, 15) is 0 Å². The second-order valence-corrected chi connectivity index (χ2v) is 2.99. The van der Waals surface area contributed by atoms with Crippen LogP contribution in [-0.4, -0.2) is 0 Å². The van der Waals surface area contributed by atoms with Gasteiger partial charge in [0.05, 0.1) is 0 Å². The molecule has 1 aliphatic rings. The van der Waals surface area contributed by atoms with E-state index < -0.39 is 0 Å². The molecule has 0 saturated heterocycles. The Kier molecular flexibility index (Phi) is 3.72. The molecule has 0 radical (unpaired) electrons. The lowest BCUT2D eigenvalue weighted by Crippen LogP contribution is -1.86. The van der Waals surface area contributed by atoms with Crippen LogP contribution in [0.25, 0.3) is 0 Å². The summed E-state index contributed by atoms with van der Waals surface area (Å²) in [6, 6.07) is 0. The van der Waals surface area contributed by atoms with Crippen LogP contribution in [-0.2, 0) is 0 Å².